The SMILES string of the molecule is CC(=O)NCC(=Cc1c[nH]c2c(Cl)ncnc12)B1OC(C)(C)C(C)(C)O1. The number of rotatable bonds is 4. The van der Waals surface area contributed by atoms with Gasteiger partial charge in [0.1, 0.15) is 17.4 Å². The van der Waals surface area contributed by atoms with E-state index in [9.17, 15) is 4.79 Å². The summed E-state index contributed by atoms with van der Waals surface area (Å²) in [4.78, 5) is 22.8. The molecule has 26 heavy (non-hydrogen) atoms. The highest BCUT2D eigenvalue weighted by Gasteiger charge is 2.52. The summed E-state index contributed by atoms with van der Waals surface area (Å²) >= 11 is 6.10. The fourth-order valence-electron chi connectivity index (χ4n) is 2.66. The number of halogens is 1. The highest BCUT2D eigenvalue weighted by molar-refractivity contribution is 6.56. The molecular weight excluding hydrogens is 354 g/mol. The molecule has 0 saturated carbocycles. The molecular formula is C17H22BClN4O3. The van der Waals surface area contributed by atoms with Crippen LogP contribution in [0, 0.1) is 0 Å². The second kappa shape index (κ2) is 6.68. The normalized spacial score (nSPS) is 19.2. The van der Waals surface area contributed by atoms with Crippen LogP contribution in [-0.2, 0) is 14.1 Å². The van der Waals surface area contributed by atoms with Gasteiger partial charge >= 0.3 is 7.12 Å². The van der Waals surface area contributed by atoms with Gasteiger partial charge in [0.15, 0.2) is 5.15 Å². The van der Waals surface area contributed by atoms with Gasteiger partial charge < -0.3 is 19.6 Å². The Kier molecular flexibility index (Phi) is 4.85. The van der Waals surface area contributed by atoms with E-state index < -0.39 is 18.3 Å². The van der Waals surface area contributed by atoms with Crippen LogP contribution in [0.1, 0.15) is 40.2 Å². The van der Waals surface area contributed by atoms with Gasteiger partial charge in [-0.15, -0.1) is 0 Å². The minimum atomic E-state index is -0.575. The van der Waals surface area contributed by atoms with Crippen LogP contribution in [0.2, 0.25) is 5.15 Å². The third-order valence-electron chi connectivity index (χ3n) is 4.88. The molecule has 2 aromatic rings. The van der Waals surface area contributed by atoms with Crippen molar-refractivity contribution in [2.75, 3.05) is 6.54 Å². The highest BCUT2D eigenvalue weighted by atomic mass is 35.5. The number of aromatic amines is 1. The van der Waals surface area contributed by atoms with Crippen molar-refractivity contribution in [3.8, 4) is 0 Å². The summed E-state index contributed by atoms with van der Waals surface area (Å²) in [5.41, 5.74) is 2.01. The molecule has 1 fully saturated rings. The van der Waals surface area contributed by atoms with Crippen molar-refractivity contribution in [2.45, 2.75) is 45.8 Å². The number of fused-ring (bicyclic) bond motifs is 1. The van der Waals surface area contributed by atoms with Gasteiger partial charge in [0.2, 0.25) is 5.91 Å². The van der Waals surface area contributed by atoms with Crippen LogP contribution in [0.5, 0.6) is 0 Å². The van der Waals surface area contributed by atoms with Gasteiger partial charge in [-0.1, -0.05) is 17.7 Å². The monoisotopic (exact) mass is 376 g/mol. The average molecular weight is 377 g/mol. The van der Waals surface area contributed by atoms with Crippen molar-refractivity contribution in [3.05, 3.63) is 28.7 Å². The third kappa shape index (κ3) is 3.49. The quantitative estimate of drug-likeness (QED) is 0.632. The summed E-state index contributed by atoms with van der Waals surface area (Å²) in [7, 11) is -0.575. The second-order valence-electron chi connectivity index (χ2n) is 7.35. The Morgan fingerprint density at radius 1 is 1.31 bits per heavy atom. The molecule has 3 heterocycles. The van der Waals surface area contributed by atoms with E-state index in [-0.39, 0.29) is 5.91 Å². The molecule has 1 saturated heterocycles. The molecule has 0 unspecified atom stereocenters. The van der Waals surface area contributed by atoms with Crippen molar-refractivity contribution in [3.63, 3.8) is 0 Å². The Balaban J connectivity index is 1.99. The summed E-state index contributed by atoms with van der Waals surface area (Å²) in [5, 5.41) is 3.17. The lowest BCUT2D eigenvalue weighted by molar-refractivity contribution is -0.118. The molecule has 0 radical (unpaired) electrons. The van der Waals surface area contributed by atoms with Crippen LogP contribution in [0.25, 0.3) is 17.1 Å². The number of aromatic nitrogens is 3. The number of nitrogens with zero attached hydrogens (tertiary/aromatic N) is 2. The number of H-pyrrole nitrogens is 1. The molecule has 2 N–H and O–H groups in total. The van der Waals surface area contributed by atoms with E-state index in [2.05, 4.69) is 20.3 Å². The van der Waals surface area contributed by atoms with Gasteiger partial charge in [0.05, 0.1) is 11.2 Å². The average Bonchev–Trinajstić information content (AvgIpc) is 3.03. The lowest BCUT2D eigenvalue weighted by atomic mass is 9.77. The van der Waals surface area contributed by atoms with E-state index in [4.69, 9.17) is 20.9 Å². The van der Waals surface area contributed by atoms with E-state index in [1.165, 1.54) is 13.3 Å². The van der Waals surface area contributed by atoms with E-state index in [0.717, 1.165) is 11.0 Å². The van der Waals surface area contributed by atoms with Crippen LogP contribution in [0.3, 0.4) is 0 Å². The van der Waals surface area contributed by atoms with Gasteiger partial charge in [0.25, 0.3) is 0 Å². The third-order valence-corrected chi connectivity index (χ3v) is 5.17. The number of hydrogen-bond donors (Lipinski definition) is 2. The number of carbonyl (C=O) groups is 1. The van der Waals surface area contributed by atoms with Crippen LogP contribution in [-0.4, -0.2) is 45.7 Å². The van der Waals surface area contributed by atoms with Crippen molar-refractivity contribution < 1.29 is 14.1 Å². The Hall–Kier alpha value is -1.90. The first kappa shape index (κ1) is 18.9. The van der Waals surface area contributed by atoms with Crippen LogP contribution in [0.4, 0.5) is 0 Å². The number of carbonyl (C=O) groups excluding carboxylic acids is 1. The van der Waals surface area contributed by atoms with E-state index in [0.29, 0.717) is 22.7 Å². The zero-order valence-electron chi connectivity index (χ0n) is 15.5. The van der Waals surface area contributed by atoms with E-state index in [1.54, 1.807) is 6.20 Å². The molecule has 1 aliphatic heterocycles. The number of nitrogens with one attached hydrogen (secondary N) is 2. The minimum Gasteiger partial charge on any atom is -0.400 e. The van der Waals surface area contributed by atoms with Gasteiger partial charge in [-0.25, -0.2) is 9.97 Å². The predicted octanol–water partition coefficient (Wildman–Crippen LogP) is 2.76. The second-order valence-corrected chi connectivity index (χ2v) is 7.71. The molecule has 0 spiro atoms. The maximum atomic E-state index is 11.4. The van der Waals surface area contributed by atoms with Crippen molar-refractivity contribution in [1.82, 2.24) is 20.3 Å². The number of amides is 1. The molecule has 3 rings (SSSR count). The summed E-state index contributed by atoms with van der Waals surface area (Å²) in [6, 6.07) is 0. The fourth-order valence-corrected chi connectivity index (χ4v) is 2.85. The van der Waals surface area contributed by atoms with E-state index in [1.807, 2.05) is 33.8 Å². The summed E-state index contributed by atoms with van der Waals surface area (Å²) in [6.45, 7) is 9.73. The topological polar surface area (TPSA) is 89.1 Å². The molecule has 2 aromatic heterocycles. The standard InChI is InChI=1S/C17H22BClN4O3/c1-10(24)20-8-12(18-25-16(2,3)17(4,5)26-18)6-11-7-21-14-13(11)22-9-23-15(14)19/h6-7,9,21H,8H2,1-5H3,(H,20,24). The zero-order chi connectivity index (χ0) is 19.1. The molecule has 1 amide bonds. The molecule has 9 heteroatoms. The Bertz CT molecular complexity index is 862. The lowest BCUT2D eigenvalue weighted by Crippen LogP contribution is -2.41. The molecule has 0 bridgehead atoms. The van der Waals surface area contributed by atoms with Crippen molar-refractivity contribution in [2.24, 2.45) is 0 Å². The Morgan fingerprint density at radius 3 is 2.58 bits per heavy atom. The Morgan fingerprint density at radius 2 is 1.96 bits per heavy atom. The van der Waals surface area contributed by atoms with Crippen molar-refractivity contribution in [1.29, 1.82) is 0 Å². The molecule has 7 nitrogen and oxygen atoms in total. The smallest absolute Gasteiger partial charge is 0.400 e. The van der Waals surface area contributed by atoms with Crippen LogP contribution >= 0.6 is 11.6 Å². The zero-order valence-corrected chi connectivity index (χ0v) is 16.3. The van der Waals surface area contributed by atoms with E-state index >= 15 is 0 Å². The van der Waals surface area contributed by atoms with Gasteiger partial charge in [-0.3, -0.25) is 4.79 Å². The summed E-state index contributed by atoms with van der Waals surface area (Å²) in [5.74, 6) is -0.128. The maximum Gasteiger partial charge on any atom is 0.492 e. The lowest BCUT2D eigenvalue weighted by Gasteiger charge is -2.32. The maximum absolute atomic E-state index is 11.4. The summed E-state index contributed by atoms with van der Waals surface area (Å²) < 4.78 is 12.3. The molecule has 0 atom stereocenters. The van der Waals surface area contributed by atoms with Gasteiger partial charge in [-0.05, 0) is 33.2 Å². The molecule has 0 aliphatic carbocycles. The highest BCUT2D eigenvalue weighted by Crippen LogP contribution is 2.39. The first-order valence-electron chi connectivity index (χ1n) is 8.39. The van der Waals surface area contributed by atoms with Crippen molar-refractivity contribution >= 4 is 41.7 Å². The largest absolute Gasteiger partial charge is 0.492 e. The first-order chi connectivity index (χ1) is 12.1. The molecule has 0 aromatic carbocycles. The van der Waals surface area contributed by atoms with Crippen LogP contribution in [0.15, 0.2) is 18.0 Å². The predicted molar refractivity (Wildman–Crippen MR) is 102 cm³/mol. The summed E-state index contributed by atoms with van der Waals surface area (Å²) in [6.07, 6.45) is 5.11. The van der Waals surface area contributed by atoms with Gasteiger partial charge in [0, 0.05) is 25.2 Å². The molecule has 1 aliphatic rings. The fraction of sp³-hybridized carbons (Fsp3) is 0.471. The van der Waals surface area contributed by atoms with Gasteiger partial charge in [-0.2, -0.15) is 0 Å². The molecule has 138 valence electrons. The Labute approximate surface area is 157 Å². The number of hydrogen-bond acceptors (Lipinski definition) is 5. The first-order valence-corrected chi connectivity index (χ1v) is 8.76. The minimum absolute atomic E-state index is 0.128. The van der Waals surface area contributed by atoms with Crippen LogP contribution < -0.4 is 5.32 Å².